The molecule has 0 bridgehead atoms. The van der Waals surface area contributed by atoms with Gasteiger partial charge in [-0.15, -0.1) is 0 Å². The summed E-state index contributed by atoms with van der Waals surface area (Å²) in [6.07, 6.45) is 3.76. The molecule has 86 valence electrons. The van der Waals surface area contributed by atoms with Gasteiger partial charge in [0.15, 0.2) is 0 Å². The van der Waals surface area contributed by atoms with Crippen molar-refractivity contribution < 1.29 is 4.79 Å². The van der Waals surface area contributed by atoms with Crippen LogP contribution < -0.4 is 5.73 Å². The average molecular weight is 220 g/mol. The quantitative estimate of drug-likeness (QED) is 0.782. The number of amides is 1. The van der Waals surface area contributed by atoms with Gasteiger partial charge in [0.25, 0.3) is 5.91 Å². The summed E-state index contributed by atoms with van der Waals surface area (Å²) in [6, 6.07) is 1.88. The number of rotatable bonds is 2. The van der Waals surface area contributed by atoms with Crippen LogP contribution in [0.4, 0.5) is 0 Å². The third kappa shape index (κ3) is 2.36. The summed E-state index contributed by atoms with van der Waals surface area (Å²) in [4.78, 5) is 21.3. The van der Waals surface area contributed by atoms with Crippen molar-refractivity contribution >= 4 is 5.91 Å². The van der Waals surface area contributed by atoms with Crippen LogP contribution in [0.5, 0.6) is 0 Å². The Labute approximate surface area is 94.7 Å². The SMILES string of the molecule is CN1CCC(c2ccnc(C(N)=O)n2)CC1. The standard InChI is InChI=1S/C11H16N4O/c1-15-6-3-8(4-7-15)9-2-5-13-11(14-9)10(12)16/h2,5,8H,3-4,6-7H2,1H3,(H2,12,16). The number of nitrogens with zero attached hydrogens (tertiary/aromatic N) is 3. The lowest BCUT2D eigenvalue weighted by Gasteiger charge is -2.28. The van der Waals surface area contributed by atoms with Gasteiger partial charge in [0, 0.05) is 17.8 Å². The van der Waals surface area contributed by atoms with Gasteiger partial charge >= 0.3 is 0 Å². The monoisotopic (exact) mass is 220 g/mol. The molecule has 0 aliphatic carbocycles. The fraction of sp³-hybridized carbons (Fsp3) is 0.545. The minimum absolute atomic E-state index is 0.122. The molecule has 2 heterocycles. The number of carbonyl (C=O) groups excluding carboxylic acids is 1. The third-order valence-electron chi connectivity index (χ3n) is 3.03. The average Bonchev–Trinajstić information content (AvgIpc) is 2.30. The van der Waals surface area contributed by atoms with E-state index < -0.39 is 5.91 Å². The molecule has 2 N–H and O–H groups in total. The van der Waals surface area contributed by atoms with Crippen LogP contribution in [-0.2, 0) is 0 Å². The normalized spacial score (nSPS) is 18.6. The van der Waals surface area contributed by atoms with E-state index in [4.69, 9.17) is 5.73 Å². The molecule has 5 nitrogen and oxygen atoms in total. The molecule has 1 saturated heterocycles. The summed E-state index contributed by atoms with van der Waals surface area (Å²) in [7, 11) is 2.12. The van der Waals surface area contributed by atoms with Crippen LogP contribution in [-0.4, -0.2) is 40.9 Å². The largest absolute Gasteiger partial charge is 0.363 e. The van der Waals surface area contributed by atoms with E-state index in [1.165, 1.54) is 0 Å². The van der Waals surface area contributed by atoms with Crippen molar-refractivity contribution in [2.45, 2.75) is 18.8 Å². The Hall–Kier alpha value is -1.49. The van der Waals surface area contributed by atoms with Crippen LogP contribution in [0, 0.1) is 0 Å². The molecular weight excluding hydrogens is 204 g/mol. The van der Waals surface area contributed by atoms with Gasteiger partial charge in [0.05, 0.1) is 0 Å². The minimum Gasteiger partial charge on any atom is -0.363 e. The predicted molar refractivity (Wildman–Crippen MR) is 60.0 cm³/mol. The highest BCUT2D eigenvalue weighted by Crippen LogP contribution is 2.25. The van der Waals surface area contributed by atoms with Crippen molar-refractivity contribution in [3.8, 4) is 0 Å². The van der Waals surface area contributed by atoms with Crippen molar-refractivity contribution in [1.82, 2.24) is 14.9 Å². The first-order valence-corrected chi connectivity index (χ1v) is 5.48. The Morgan fingerprint density at radius 1 is 1.50 bits per heavy atom. The number of aromatic nitrogens is 2. The first-order valence-electron chi connectivity index (χ1n) is 5.48. The minimum atomic E-state index is -0.560. The summed E-state index contributed by atoms with van der Waals surface area (Å²) in [5, 5.41) is 0. The topological polar surface area (TPSA) is 72.1 Å². The maximum atomic E-state index is 11.0. The van der Waals surface area contributed by atoms with Crippen molar-refractivity contribution in [2.24, 2.45) is 5.73 Å². The molecule has 1 aromatic rings. The second kappa shape index (κ2) is 4.57. The number of likely N-dealkylation sites (tertiary alicyclic amines) is 1. The molecule has 0 unspecified atom stereocenters. The van der Waals surface area contributed by atoms with Crippen LogP contribution in [0.15, 0.2) is 12.3 Å². The number of primary amides is 1. The smallest absolute Gasteiger partial charge is 0.286 e. The zero-order valence-electron chi connectivity index (χ0n) is 9.39. The Bertz CT molecular complexity index is 385. The van der Waals surface area contributed by atoms with Crippen molar-refractivity contribution in [3.63, 3.8) is 0 Å². The predicted octanol–water partition coefficient (Wildman–Crippen LogP) is 0.385. The molecule has 0 saturated carbocycles. The van der Waals surface area contributed by atoms with E-state index in [9.17, 15) is 4.79 Å². The lowest BCUT2D eigenvalue weighted by Crippen LogP contribution is -2.30. The van der Waals surface area contributed by atoms with Crippen molar-refractivity contribution in [3.05, 3.63) is 23.8 Å². The maximum absolute atomic E-state index is 11.0. The van der Waals surface area contributed by atoms with Gasteiger partial charge in [-0.25, -0.2) is 9.97 Å². The molecule has 2 rings (SSSR count). The first-order chi connectivity index (χ1) is 7.66. The summed E-state index contributed by atoms with van der Waals surface area (Å²) in [6.45, 7) is 2.14. The van der Waals surface area contributed by atoms with E-state index in [1.54, 1.807) is 6.20 Å². The summed E-state index contributed by atoms with van der Waals surface area (Å²) in [5.41, 5.74) is 6.10. The van der Waals surface area contributed by atoms with E-state index in [-0.39, 0.29) is 5.82 Å². The van der Waals surface area contributed by atoms with Gasteiger partial charge in [-0.3, -0.25) is 4.79 Å². The highest BCUT2D eigenvalue weighted by atomic mass is 16.1. The van der Waals surface area contributed by atoms with Gasteiger partial charge in [-0.1, -0.05) is 0 Å². The lowest BCUT2D eigenvalue weighted by atomic mass is 9.93. The second-order valence-electron chi connectivity index (χ2n) is 4.25. The number of hydrogen-bond donors (Lipinski definition) is 1. The van der Waals surface area contributed by atoms with Crippen LogP contribution in [0.3, 0.4) is 0 Å². The summed E-state index contributed by atoms with van der Waals surface area (Å²) in [5.74, 6) is -0.0106. The van der Waals surface area contributed by atoms with Crippen LogP contribution >= 0.6 is 0 Å². The summed E-state index contributed by atoms with van der Waals surface area (Å²) >= 11 is 0. The van der Waals surface area contributed by atoms with Gasteiger partial charge in [0.2, 0.25) is 5.82 Å². The molecule has 0 radical (unpaired) electrons. The molecular formula is C11H16N4O. The molecule has 5 heteroatoms. The highest BCUT2D eigenvalue weighted by molar-refractivity contribution is 5.88. The van der Waals surface area contributed by atoms with Gasteiger partial charge in [0.1, 0.15) is 0 Å². The Balaban J connectivity index is 2.14. The van der Waals surface area contributed by atoms with E-state index in [0.29, 0.717) is 5.92 Å². The Morgan fingerprint density at radius 2 is 2.19 bits per heavy atom. The first kappa shape index (κ1) is 11.0. The van der Waals surface area contributed by atoms with Crippen LogP contribution in [0.2, 0.25) is 0 Å². The lowest BCUT2D eigenvalue weighted by molar-refractivity contribution is 0.0990. The zero-order chi connectivity index (χ0) is 11.5. The molecule has 0 spiro atoms. The molecule has 1 aromatic heterocycles. The van der Waals surface area contributed by atoms with Crippen molar-refractivity contribution in [2.75, 3.05) is 20.1 Å². The number of piperidine rings is 1. The van der Waals surface area contributed by atoms with E-state index in [2.05, 4.69) is 21.9 Å². The Morgan fingerprint density at radius 3 is 2.81 bits per heavy atom. The van der Waals surface area contributed by atoms with Crippen molar-refractivity contribution in [1.29, 1.82) is 0 Å². The van der Waals surface area contributed by atoms with E-state index in [0.717, 1.165) is 31.6 Å². The van der Waals surface area contributed by atoms with Crippen LogP contribution in [0.1, 0.15) is 35.1 Å². The number of nitrogens with two attached hydrogens (primary N) is 1. The molecule has 1 amide bonds. The van der Waals surface area contributed by atoms with Gasteiger partial charge < -0.3 is 10.6 Å². The summed E-state index contributed by atoms with van der Waals surface area (Å²) < 4.78 is 0. The van der Waals surface area contributed by atoms with Crippen LogP contribution in [0.25, 0.3) is 0 Å². The third-order valence-corrected chi connectivity index (χ3v) is 3.03. The van der Waals surface area contributed by atoms with Gasteiger partial charge in [-0.2, -0.15) is 0 Å². The molecule has 1 aliphatic heterocycles. The second-order valence-corrected chi connectivity index (χ2v) is 4.25. The van der Waals surface area contributed by atoms with E-state index in [1.807, 2.05) is 6.07 Å². The molecule has 1 aliphatic rings. The fourth-order valence-electron chi connectivity index (χ4n) is 2.02. The highest BCUT2D eigenvalue weighted by Gasteiger charge is 2.20. The number of carbonyl (C=O) groups is 1. The number of hydrogen-bond acceptors (Lipinski definition) is 4. The van der Waals surface area contributed by atoms with E-state index >= 15 is 0 Å². The molecule has 1 fully saturated rings. The molecule has 0 atom stereocenters. The zero-order valence-corrected chi connectivity index (χ0v) is 9.39. The fourth-order valence-corrected chi connectivity index (χ4v) is 2.02. The Kier molecular flexibility index (Phi) is 3.14. The maximum Gasteiger partial charge on any atom is 0.286 e. The molecule has 0 aromatic carbocycles. The molecule has 16 heavy (non-hydrogen) atoms. The van der Waals surface area contributed by atoms with Gasteiger partial charge in [-0.05, 0) is 39.0 Å².